The average molecular weight is 239 g/mol. The summed E-state index contributed by atoms with van der Waals surface area (Å²) in [5.74, 6) is 0.928. The van der Waals surface area contributed by atoms with E-state index >= 15 is 0 Å². The molecule has 100 valence electrons. The molecule has 0 saturated heterocycles. The number of amides is 1. The van der Waals surface area contributed by atoms with Crippen molar-refractivity contribution in [3.05, 3.63) is 0 Å². The normalized spacial score (nSPS) is 30.4. The molecule has 0 spiro atoms. The van der Waals surface area contributed by atoms with Crippen LogP contribution in [0, 0.1) is 16.7 Å². The molecule has 1 aliphatic rings. The summed E-state index contributed by atoms with van der Waals surface area (Å²) in [6.07, 6.45) is 4.74. The predicted octanol–water partition coefficient (Wildman–Crippen LogP) is 3.75. The van der Waals surface area contributed by atoms with Crippen LogP contribution in [-0.4, -0.2) is 11.9 Å². The molecule has 17 heavy (non-hydrogen) atoms. The molecule has 1 amide bonds. The van der Waals surface area contributed by atoms with Crippen molar-refractivity contribution in [2.75, 3.05) is 0 Å². The predicted molar refractivity (Wildman–Crippen MR) is 72.8 cm³/mol. The van der Waals surface area contributed by atoms with Crippen LogP contribution in [0.1, 0.15) is 67.2 Å². The minimum atomic E-state index is -0.265. The molecule has 0 heterocycles. The third kappa shape index (κ3) is 3.72. The molecule has 0 aromatic carbocycles. The molecule has 0 aromatic rings. The van der Waals surface area contributed by atoms with Crippen molar-refractivity contribution in [3.63, 3.8) is 0 Å². The first kappa shape index (κ1) is 14.5. The average Bonchev–Trinajstić information content (AvgIpc) is 2.20. The molecule has 0 unspecified atom stereocenters. The van der Waals surface area contributed by atoms with Gasteiger partial charge in [0, 0.05) is 11.5 Å². The molecule has 0 bridgehead atoms. The van der Waals surface area contributed by atoms with Gasteiger partial charge in [0.1, 0.15) is 0 Å². The lowest BCUT2D eigenvalue weighted by atomic mass is 9.67. The first-order chi connectivity index (χ1) is 7.65. The van der Waals surface area contributed by atoms with E-state index in [4.69, 9.17) is 0 Å². The van der Waals surface area contributed by atoms with Gasteiger partial charge in [0.2, 0.25) is 5.91 Å². The first-order valence-electron chi connectivity index (χ1n) is 6.96. The van der Waals surface area contributed by atoms with Crippen LogP contribution >= 0.6 is 0 Å². The van der Waals surface area contributed by atoms with Crippen molar-refractivity contribution in [2.24, 2.45) is 16.7 Å². The fourth-order valence-corrected chi connectivity index (χ4v) is 2.40. The molecule has 0 aliphatic heterocycles. The molecule has 0 atom stereocenters. The van der Waals surface area contributed by atoms with E-state index in [2.05, 4.69) is 26.1 Å². The lowest BCUT2D eigenvalue weighted by molar-refractivity contribution is -0.129. The zero-order valence-corrected chi connectivity index (χ0v) is 12.4. The molecule has 2 heteroatoms. The zero-order chi connectivity index (χ0) is 13.3. The van der Waals surface area contributed by atoms with Gasteiger partial charge in [0.25, 0.3) is 0 Å². The van der Waals surface area contributed by atoms with Crippen LogP contribution in [0.15, 0.2) is 0 Å². The maximum Gasteiger partial charge on any atom is 0.225 e. The molecular weight excluding hydrogens is 210 g/mol. The SMILES string of the molecule is CC(C)C1(C)CCC(NC(=O)C(C)(C)C)CC1. The Morgan fingerprint density at radius 2 is 1.71 bits per heavy atom. The summed E-state index contributed by atoms with van der Waals surface area (Å²) < 4.78 is 0. The molecule has 1 rings (SSSR count). The number of hydrogen-bond donors (Lipinski definition) is 1. The van der Waals surface area contributed by atoms with Gasteiger partial charge in [-0.25, -0.2) is 0 Å². The summed E-state index contributed by atoms with van der Waals surface area (Å²) in [6, 6.07) is 0.397. The minimum absolute atomic E-state index is 0.190. The second-order valence-corrected chi connectivity index (χ2v) is 7.31. The Morgan fingerprint density at radius 3 is 2.06 bits per heavy atom. The number of carbonyl (C=O) groups is 1. The Hall–Kier alpha value is -0.530. The summed E-state index contributed by atoms with van der Waals surface area (Å²) in [5.41, 5.74) is 0.210. The van der Waals surface area contributed by atoms with E-state index in [1.165, 1.54) is 12.8 Å². The lowest BCUT2D eigenvalue weighted by Gasteiger charge is -2.41. The molecule has 1 saturated carbocycles. The van der Waals surface area contributed by atoms with E-state index in [0.29, 0.717) is 11.5 Å². The molecule has 0 radical (unpaired) electrons. The summed E-state index contributed by atoms with van der Waals surface area (Å²) in [4.78, 5) is 11.9. The van der Waals surface area contributed by atoms with Crippen LogP contribution in [0.25, 0.3) is 0 Å². The summed E-state index contributed by atoms with van der Waals surface area (Å²) >= 11 is 0. The fraction of sp³-hybridized carbons (Fsp3) is 0.933. The van der Waals surface area contributed by atoms with Gasteiger partial charge in [-0.1, -0.05) is 41.5 Å². The van der Waals surface area contributed by atoms with E-state index in [1.807, 2.05) is 20.8 Å². The van der Waals surface area contributed by atoms with Crippen LogP contribution in [0.3, 0.4) is 0 Å². The van der Waals surface area contributed by atoms with Gasteiger partial charge in [-0.2, -0.15) is 0 Å². The van der Waals surface area contributed by atoms with Crippen LogP contribution in [0.2, 0.25) is 0 Å². The van der Waals surface area contributed by atoms with Crippen LogP contribution in [0.4, 0.5) is 0 Å². The summed E-state index contributed by atoms with van der Waals surface area (Å²) in [5, 5.41) is 3.20. The fourth-order valence-electron chi connectivity index (χ4n) is 2.40. The van der Waals surface area contributed by atoms with E-state index in [0.717, 1.165) is 18.8 Å². The third-order valence-corrected chi connectivity index (χ3v) is 4.54. The Morgan fingerprint density at radius 1 is 1.24 bits per heavy atom. The summed E-state index contributed by atoms with van der Waals surface area (Å²) in [6.45, 7) is 12.9. The molecule has 1 N–H and O–H groups in total. The highest BCUT2D eigenvalue weighted by atomic mass is 16.2. The van der Waals surface area contributed by atoms with Crippen molar-refractivity contribution in [1.29, 1.82) is 0 Å². The van der Waals surface area contributed by atoms with Crippen molar-refractivity contribution < 1.29 is 4.79 Å². The summed E-state index contributed by atoms with van der Waals surface area (Å²) in [7, 11) is 0. The number of rotatable bonds is 2. The van der Waals surface area contributed by atoms with Crippen molar-refractivity contribution >= 4 is 5.91 Å². The molecule has 2 nitrogen and oxygen atoms in total. The van der Waals surface area contributed by atoms with Crippen molar-refractivity contribution in [3.8, 4) is 0 Å². The van der Waals surface area contributed by atoms with Gasteiger partial charge in [-0.05, 0) is 37.0 Å². The maximum atomic E-state index is 11.9. The standard InChI is InChI=1S/C15H29NO/c1-11(2)15(6)9-7-12(8-10-15)16-13(17)14(3,4)5/h11-12H,7-10H2,1-6H3,(H,16,17). The van der Waals surface area contributed by atoms with E-state index < -0.39 is 0 Å². The van der Waals surface area contributed by atoms with E-state index in [9.17, 15) is 4.79 Å². The van der Waals surface area contributed by atoms with Crippen LogP contribution in [0.5, 0.6) is 0 Å². The second-order valence-electron chi connectivity index (χ2n) is 7.31. The smallest absolute Gasteiger partial charge is 0.225 e. The number of carbonyl (C=O) groups excluding carboxylic acids is 1. The maximum absolute atomic E-state index is 11.9. The van der Waals surface area contributed by atoms with Gasteiger partial charge >= 0.3 is 0 Å². The monoisotopic (exact) mass is 239 g/mol. The number of hydrogen-bond acceptors (Lipinski definition) is 1. The van der Waals surface area contributed by atoms with Crippen molar-refractivity contribution in [1.82, 2.24) is 5.32 Å². The van der Waals surface area contributed by atoms with Crippen molar-refractivity contribution in [2.45, 2.75) is 73.3 Å². The van der Waals surface area contributed by atoms with Crippen LogP contribution < -0.4 is 5.32 Å². The van der Waals surface area contributed by atoms with E-state index in [1.54, 1.807) is 0 Å². The molecule has 0 aromatic heterocycles. The van der Waals surface area contributed by atoms with Gasteiger partial charge in [0.05, 0.1) is 0 Å². The lowest BCUT2D eigenvalue weighted by Crippen LogP contribution is -2.45. The zero-order valence-electron chi connectivity index (χ0n) is 12.4. The van der Waals surface area contributed by atoms with E-state index in [-0.39, 0.29) is 11.3 Å². The topological polar surface area (TPSA) is 29.1 Å². The van der Waals surface area contributed by atoms with Gasteiger partial charge in [0.15, 0.2) is 0 Å². The van der Waals surface area contributed by atoms with Crippen LogP contribution in [-0.2, 0) is 4.79 Å². The quantitative estimate of drug-likeness (QED) is 0.781. The second kappa shape index (κ2) is 4.99. The third-order valence-electron chi connectivity index (χ3n) is 4.54. The molecular formula is C15H29NO. The molecule has 1 fully saturated rings. The largest absolute Gasteiger partial charge is 0.353 e. The Labute approximate surface area is 107 Å². The Balaban J connectivity index is 2.46. The number of nitrogens with one attached hydrogen (secondary N) is 1. The first-order valence-corrected chi connectivity index (χ1v) is 6.96. The minimum Gasteiger partial charge on any atom is -0.353 e. The van der Waals surface area contributed by atoms with Gasteiger partial charge in [-0.15, -0.1) is 0 Å². The molecule has 1 aliphatic carbocycles. The van der Waals surface area contributed by atoms with Gasteiger partial charge in [-0.3, -0.25) is 4.79 Å². The Bertz CT molecular complexity index is 267. The highest BCUT2D eigenvalue weighted by Gasteiger charge is 2.35. The highest BCUT2D eigenvalue weighted by molar-refractivity contribution is 5.81. The highest BCUT2D eigenvalue weighted by Crippen LogP contribution is 2.41. The Kier molecular flexibility index (Phi) is 4.27. The van der Waals surface area contributed by atoms with Gasteiger partial charge < -0.3 is 5.32 Å².